The predicted molar refractivity (Wildman–Crippen MR) is 64.5 cm³/mol. The average Bonchev–Trinajstić information content (AvgIpc) is 2.23. The number of rotatable bonds is 3. The fourth-order valence-electron chi connectivity index (χ4n) is 1.57. The van der Waals surface area contributed by atoms with E-state index in [4.69, 9.17) is 4.74 Å². The van der Waals surface area contributed by atoms with Gasteiger partial charge in [0.15, 0.2) is 0 Å². The lowest BCUT2D eigenvalue weighted by molar-refractivity contribution is 0.0601. The molecule has 0 amide bonds. The molecular formula is C11H13BrN2O2. The Morgan fingerprint density at radius 1 is 1.62 bits per heavy atom. The van der Waals surface area contributed by atoms with Crippen molar-refractivity contribution in [2.24, 2.45) is 0 Å². The molecule has 1 fully saturated rings. The van der Waals surface area contributed by atoms with Gasteiger partial charge in [0.1, 0.15) is 11.4 Å². The Balaban J connectivity index is 2.23. The number of esters is 1. The number of methoxy groups -OCH3 is 1. The Morgan fingerprint density at radius 3 is 2.94 bits per heavy atom. The Hall–Kier alpha value is -1.10. The van der Waals surface area contributed by atoms with Crippen LogP contribution in [0.25, 0.3) is 0 Å². The zero-order chi connectivity index (χ0) is 11.5. The van der Waals surface area contributed by atoms with Gasteiger partial charge in [0.2, 0.25) is 0 Å². The quantitative estimate of drug-likeness (QED) is 0.867. The third-order valence-corrected chi connectivity index (χ3v) is 3.14. The van der Waals surface area contributed by atoms with Crippen molar-refractivity contribution in [2.75, 3.05) is 12.4 Å². The van der Waals surface area contributed by atoms with Crippen molar-refractivity contribution >= 4 is 27.7 Å². The summed E-state index contributed by atoms with van der Waals surface area (Å²) in [6.45, 7) is 0. The molecule has 0 bridgehead atoms. The van der Waals surface area contributed by atoms with Crippen LogP contribution >= 0.6 is 15.9 Å². The minimum atomic E-state index is -0.365. The van der Waals surface area contributed by atoms with Gasteiger partial charge in [-0.15, -0.1) is 0 Å². The molecule has 0 spiro atoms. The number of nitrogens with one attached hydrogen (secondary N) is 1. The zero-order valence-electron chi connectivity index (χ0n) is 9.00. The van der Waals surface area contributed by atoms with E-state index in [9.17, 15) is 4.79 Å². The number of halogens is 1. The summed E-state index contributed by atoms with van der Waals surface area (Å²) in [4.78, 5) is 15.8. The first-order valence-corrected chi connectivity index (χ1v) is 6.00. The summed E-state index contributed by atoms with van der Waals surface area (Å²) in [5.74, 6) is 0.246. The molecule has 1 aliphatic carbocycles. The van der Waals surface area contributed by atoms with E-state index < -0.39 is 0 Å². The van der Waals surface area contributed by atoms with Crippen molar-refractivity contribution in [3.63, 3.8) is 0 Å². The lowest BCUT2D eigenvalue weighted by atomic mass is 9.93. The van der Waals surface area contributed by atoms with Gasteiger partial charge in [-0.1, -0.05) is 0 Å². The summed E-state index contributed by atoms with van der Waals surface area (Å²) in [6, 6.07) is 2.16. The molecule has 0 aromatic carbocycles. The Labute approximate surface area is 103 Å². The largest absolute Gasteiger partial charge is 0.465 e. The number of nitrogens with zero attached hydrogens (tertiary/aromatic N) is 1. The first kappa shape index (κ1) is 11.4. The van der Waals surface area contributed by atoms with Crippen molar-refractivity contribution in [3.05, 3.63) is 22.3 Å². The van der Waals surface area contributed by atoms with Gasteiger partial charge in [0.25, 0.3) is 0 Å². The number of hydrogen-bond acceptors (Lipinski definition) is 4. The second kappa shape index (κ2) is 4.82. The van der Waals surface area contributed by atoms with E-state index >= 15 is 0 Å². The SMILES string of the molecule is COC(=O)c1cc(Br)cnc1NC1CCC1. The molecule has 1 aromatic rings. The maximum Gasteiger partial charge on any atom is 0.341 e. The Morgan fingerprint density at radius 2 is 2.38 bits per heavy atom. The van der Waals surface area contributed by atoms with Crippen molar-refractivity contribution in [1.82, 2.24) is 4.98 Å². The maximum atomic E-state index is 11.6. The molecule has 0 saturated heterocycles. The standard InChI is InChI=1S/C11H13BrN2O2/c1-16-11(15)9-5-7(12)6-13-10(9)14-8-3-2-4-8/h5-6,8H,2-4H2,1H3,(H,13,14). The van der Waals surface area contributed by atoms with E-state index in [1.807, 2.05) is 0 Å². The van der Waals surface area contributed by atoms with Crippen molar-refractivity contribution in [1.29, 1.82) is 0 Å². The summed E-state index contributed by atoms with van der Waals surface area (Å²) in [6.07, 6.45) is 5.19. The second-order valence-corrected chi connectivity index (χ2v) is 4.73. The highest BCUT2D eigenvalue weighted by Gasteiger charge is 2.21. The van der Waals surface area contributed by atoms with Crippen LogP contribution < -0.4 is 5.32 Å². The molecule has 1 N–H and O–H groups in total. The Kier molecular flexibility index (Phi) is 3.43. The number of ether oxygens (including phenoxy) is 1. The van der Waals surface area contributed by atoms with Crippen LogP contribution in [0, 0.1) is 0 Å². The molecule has 16 heavy (non-hydrogen) atoms. The minimum absolute atomic E-state index is 0.365. The number of aromatic nitrogens is 1. The van der Waals surface area contributed by atoms with Crippen LogP contribution in [0.5, 0.6) is 0 Å². The lowest BCUT2D eigenvalue weighted by Crippen LogP contribution is -2.28. The first-order valence-electron chi connectivity index (χ1n) is 5.21. The molecule has 1 saturated carbocycles. The van der Waals surface area contributed by atoms with E-state index in [-0.39, 0.29) is 5.97 Å². The van der Waals surface area contributed by atoms with Crippen LogP contribution in [-0.4, -0.2) is 24.1 Å². The lowest BCUT2D eigenvalue weighted by Gasteiger charge is -2.27. The molecule has 0 unspecified atom stereocenters. The molecule has 1 heterocycles. The van der Waals surface area contributed by atoms with E-state index in [2.05, 4.69) is 26.2 Å². The van der Waals surface area contributed by atoms with Gasteiger partial charge in [0, 0.05) is 16.7 Å². The number of carbonyl (C=O) groups excluding carboxylic acids is 1. The van der Waals surface area contributed by atoms with Crippen LogP contribution in [0.2, 0.25) is 0 Å². The highest BCUT2D eigenvalue weighted by Crippen LogP contribution is 2.25. The molecule has 1 aliphatic rings. The van der Waals surface area contributed by atoms with E-state index in [1.54, 1.807) is 12.3 Å². The normalized spacial score (nSPS) is 15.4. The minimum Gasteiger partial charge on any atom is -0.465 e. The van der Waals surface area contributed by atoms with Crippen LogP contribution in [0.4, 0.5) is 5.82 Å². The molecule has 0 atom stereocenters. The summed E-state index contributed by atoms with van der Waals surface area (Å²) in [7, 11) is 1.37. The van der Waals surface area contributed by atoms with E-state index in [0.29, 0.717) is 17.4 Å². The van der Waals surface area contributed by atoms with Gasteiger partial charge in [-0.3, -0.25) is 0 Å². The number of anilines is 1. The molecule has 0 radical (unpaired) electrons. The topological polar surface area (TPSA) is 51.2 Å². The third kappa shape index (κ3) is 2.35. The fourth-order valence-corrected chi connectivity index (χ4v) is 1.90. The van der Waals surface area contributed by atoms with Crippen LogP contribution in [0.1, 0.15) is 29.6 Å². The molecular weight excluding hydrogens is 272 g/mol. The maximum absolute atomic E-state index is 11.6. The predicted octanol–water partition coefficient (Wildman–Crippen LogP) is 2.60. The van der Waals surface area contributed by atoms with Gasteiger partial charge < -0.3 is 10.1 Å². The second-order valence-electron chi connectivity index (χ2n) is 3.81. The van der Waals surface area contributed by atoms with Crippen molar-refractivity contribution in [3.8, 4) is 0 Å². The van der Waals surface area contributed by atoms with Gasteiger partial charge in [-0.05, 0) is 41.3 Å². The summed E-state index contributed by atoms with van der Waals surface area (Å²) in [5, 5.41) is 3.26. The van der Waals surface area contributed by atoms with Crippen molar-refractivity contribution < 1.29 is 9.53 Å². The van der Waals surface area contributed by atoms with Gasteiger partial charge in [-0.2, -0.15) is 0 Å². The zero-order valence-corrected chi connectivity index (χ0v) is 10.6. The molecule has 0 aliphatic heterocycles. The van der Waals surface area contributed by atoms with Crippen LogP contribution in [0.15, 0.2) is 16.7 Å². The summed E-state index contributed by atoms with van der Waals surface area (Å²) < 4.78 is 5.50. The van der Waals surface area contributed by atoms with Gasteiger partial charge in [0.05, 0.1) is 7.11 Å². The summed E-state index contributed by atoms with van der Waals surface area (Å²) >= 11 is 3.29. The van der Waals surface area contributed by atoms with E-state index in [1.165, 1.54) is 13.5 Å². The van der Waals surface area contributed by atoms with Gasteiger partial charge >= 0.3 is 5.97 Å². The number of carbonyl (C=O) groups is 1. The fraction of sp³-hybridized carbons (Fsp3) is 0.455. The Bertz CT molecular complexity index is 405. The monoisotopic (exact) mass is 284 g/mol. The third-order valence-electron chi connectivity index (χ3n) is 2.71. The molecule has 5 heteroatoms. The van der Waals surface area contributed by atoms with Crippen molar-refractivity contribution in [2.45, 2.75) is 25.3 Å². The highest BCUT2D eigenvalue weighted by molar-refractivity contribution is 9.10. The smallest absolute Gasteiger partial charge is 0.341 e. The van der Waals surface area contributed by atoms with Gasteiger partial charge in [-0.25, -0.2) is 9.78 Å². The van der Waals surface area contributed by atoms with Crippen LogP contribution in [-0.2, 0) is 4.74 Å². The van der Waals surface area contributed by atoms with E-state index in [0.717, 1.165) is 17.3 Å². The summed E-state index contributed by atoms with van der Waals surface area (Å²) in [5.41, 5.74) is 0.476. The number of hydrogen-bond donors (Lipinski definition) is 1. The molecule has 86 valence electrons. The molecule has 2 rings (SSSR count). The average molecular weight is 285 g/mol. The number of pyridine rings is 1. The highest BCUT2D eigenvalue weighted by atomic mass is 79.9. The van der Waals surface area contributed by atoms with Crippen LogP contribution in [0.3, 0.4) is 0 Å². The first-order chi connectivity index (χ1) is 7.70. The molecule has 1 aromatic heterocycles. The molecule has 4 nitrogen and oxygen atoms in total.